The smallest absolute Gasteiger partial charge is 0.408 e. The van der Waals surface area contributed by atoms with Crippen molar-refractivity contribution in [2.75, 3.05) is 14.2 Å². The van der Waals surface area contributed by atoms with Crippen molar-refractivity contribution in [1.29, 1.82) is 0 Å². The number of nitrogens with one attached hydrogen (secondary N) is 2. The number of methoxy groups -OCH3 is 2. The summed E-state index contributed by atoms with van der Waals surface area (Å²) in [7, 11) is 2.80. The van der Waals surface area contributed by atoms with E-state index >= 15 is 0 Å². The summed E-state index contributed by atoms with van der Waals surface area (Å²) in [6, 6.07) is 17.1. The fraction of sp³-hybridized carbons (Fsp3) is 0.531. The topological polar surface area (TPSA) is 140 Å². The molecule has 0 spiro atoms. The van der Waals surface area contributed by atoms with Crippen LogP contribution in [0.3, 0.4) is 0 Å². The summed E-state index contributed by atoms with van der Waals surface area (Å²) in [5, 5.41) is 5.49. The molecule has 0 aliphatic carbocycles. The number of carbonyl (C=O) groups is 3. The maximum Gasteiger partial charge on any atom is 0.408 e. The van der Waals surface area contributed by atoms with Crippen LogP contribution in [0.5, 0.6) is 0 Å². The molecule has 2 fully saturated rings. The maximum atomic E-state index is 12.8. The first kappa shape index (κ1) is 33.2. The third kappa shape index (κ3) is 9.65. The van der Waals surface area contributed by atoms with Crippen molar-refractivity contribution in [3.63, 3.8) is 0 Å². The van der Waals surface area contributed by atoms with Gasteiger partial charge in [-0.3, -0.25) is 0 Å². The lowest BCUT2D eigenvalue weighted by atomic mass is 9.98. The number of rotatable bonds is 14. The quantitative estimate of drug-likeness (QED) is 0.235. The van der Waals surface area contributed by atoms with Gasteiger partial charge in [0, 0.05) is 13.2 Å². The van der Waals surface area contributed by atoms with Gasteiger partial charge in [-0.05, 0) is 50.7 Å². The minimum Gasteiger partial charge on any atom is -0.467 e. The number of carbonyl (C=O) groups excluding carboxylic acids is 3. The van der Waals surface area contributed by atoms with Crippen molar-refractivity contribution in [2.45, 2.75) is 95.2 Å². The maximum absolute atomic E-state index is 12.8. The van der Waals surface area contributed by atoms with Crippen molar-refractivity contribution in [1.82, 2.24) is 10.6 Å². The molecule has 44 heavy (non-hydrogen) atoms. The van der Waals surface area contributed by atoms with Crippen LogP contribution >= 0.6 is 0 Å². The average Bonchev–Trinajstić information content (AvgIpc) is 3.52. The highest BCUT2D eigenvalue weighted by atomic mass is 16.8. The molecule has 6 atom stereocenters. The minimum atomic E-state index is -0.995. The number of alkyl carbamates (subject to hydrolysis) is 2. The lowest BCUT2D eigenvalue weighted by molar-refractivity contribution is -0.227. The number of fused-ring (bicyclic) bond motifs is 1. The second kappa shape index (κ2) is 15.8. The predicted molar refractivity (Wildman–Crippen MR) is 157 cm³/mol. The number of hydrogen-bond donors (Lipinski definition) is 2. The van der Waals surface area contributed by atoms with Crippen molar-refractivity contribution in [2.24, 2.45) is 0 Å². The van der Waals surface area contributed by atoms with Gasteiger partial charge in [-0.1, -0.05) is 60.7 Å². The van der Waals surface area contributed by atoms with Crippen molar-refractivity contribution in [3.8, 4) is 0 Å². The van der Waals surface area contributed by atoms with Gasteiger partial charge in [-0.2, -0.15) is 0 Å². The molecule has 0 bridgehead atoms. The van der Waals surface area contributed by atoms with Crippen LogP contribution in [0.25, 0.3) is 0 Å². The van der Waals surface area contributed by atoms with Gasteiger partial charge in [0.2, 0.25) is 0 Å². The normalized spacial score (nSPS) is 23.2. The van der Waals surface area contributed by atoms with E-state index in [-0.39, 0.29) is 37.9 Å². The molecule has 2 saturated heterocycles. The van der Waals surface area contributed by atoms with E-state index in [0.717, 1.165) is 11.1 Å². The molecule has 12 nitrogen and oxygen atoms in total. The van der Waals surface area contributed by atoms with Gasteiger partial charge in [0.1, 0.15) is 31.5 Å². The van der Waals surface area contributed by atoms with Crippen molar-refractivity contribution >= 4 is 18.2 Å². The third-order valence-corrected chi connectivity index (χ3v) is 7.47. The molecule has 0 radical (unpaired) electrons. The Bertz CT molecular complexity index is 1210. The summed E-state index contributed by atoms with van der Waals surface area (Å²) in [6.45, 7) is 3.83. The van der Waals surface area contributed by atoms with Crippen LogP contribution < -0.4 is 10.6 Å². The fourth-order valence-corrected chi connectivity index (χ4v) is 5.32. The van der Waals surface area contributed by atoms with Gasteiger partial charge >= 0.3 is 18.2 Å². The summed E-state index contributed by atoms with van der Waals surface area (Å²) in [5.74, 6) is -1.41. The number of esters is 1. The molecule has 12 heteroatoms. The monoisotopic (exact) mass is 614 g/mol. The van der Waals surface area contributed by atoms with E-state index in [4.69, 9.17) is 33.2 Å². The summed E-state index contributed by atoms with van der Waals surface area (Å²) in [6.07, 6.45) is -1.57. The van der Waals surface area contributed by atoms with E-state index in [2.05, 4.69) is 10.6 Å². The van der Waals surface area contributed by atoms with Crippen LogP contribution in [-0.4, -0.2) is 74.8 Å². The Kier molecular flexibility index (Phi) is 12.0. The first-order valence-corrected chi connectivity index (χ1v) is 14.7. The summed E-state index contributed by atoms with van der Waals surface area (Å²) >= 11 is 0. The zero-order valence-electron chi connectivity index (χ0n) is 25.6. The molecule has 4 rings (SSSR count). The fourth-order valence-electron chi connectivity index (χ4n) is 5.32. The van der Waals surface area contributed by atoms with Gasteiger partial charge < -0.3 is 43.8 Å². The lowest BCUT2D eigenvalue weighted by Gasteiger charge is -2.25. The molecule has 2 aliphatic rings. The Balaban J connectivity index is 1.37. The molecule has 2 aromatic carbocycles. The second-order valence-electron chi connectivity index (χ2n) is 11.2. The molecular formula is C32H42N2O10. The number of benzene rings is 2. The average molecular weight is 615 g/mol. The van der Waals surface area contributed by atoms with Crippen molar-refractivity contribution < 1.29 is 47.5 Å². The Labute approximate surface area is 257 Å². The standard InChI is InChI=1S/C32H42N2O10/c1-32(2)43-26-25(42-29(39-4)27(26)44-32)18-16-23(33-30(36)40-19-21-11-7-5-8-12-21)15-17-24(28(35)38-3)34-31(37)41-20-22-13-9-6-10-14-22/h5-14,23-27,29H,15-20H2,1-4H3,(H,33,36)(H,34,37)/t23?,24?,25-,26-,27-,29-/m1/s1. The van der Waals surface area contributed by atoms with Gasteiger partial charge in [-0.25, -0.2) is 14.4 Å². The molecule has 0 aromatic heterocycles. The molecule has 240 valence electrons. The molecular weight excluding hydrogens is 572 g/mol. The molecule has 0 saturated carbocycles. The van der Waals surface area contributed by atoms with E-state index in [1.54, 1.807) is 7.11 Å². The molecule has 2 heterocycles. The second-order valence-corrected chi connectivity index (χ2v) is 11.2. The largest absolute Gasteiger partial charge is 0.467 e. The molecule has 2 N–H and O–H groups in total. The Morgan fingerprint density at radius 3 is 1.93 bits per heavy atom. The third-order valence-electron chi connectivity index (χ3n) is 7.47. The van der Waals surface area contributed by atoms with Gasteiger partial charge in [0.25, 0.3) is 0 Å². The predicted octanol–water partition coefficient (Wildman–Crippen LogP) is 4.20. The van der Waals surface area contributed by atoms with E-state index in [9.17, 15) is 14.4 Å². The Morgan fingerprint density at radius 1 is 0.795 bits per heavy atom. The Hall–Kier alpha value is -3.71. The Morgan fingerprint density at radius 2 is 1.36 bits per heavy atom. The zero-order valence-corrected chi connectivity index (χ0v) is 25.6. The lowest BCUT2D eigenvalue weighted by Crippen LogP contribution is -2.44. The van der Waals surface area contributed by atoms with Crippen LogP contribution in [-0.2, 0) is 51.2 Å². The zero-order chi connectivity index (χ0) is 31.5. The molecule has 2 aromatic rings. The highest BCUT2D eigenvalue weighted by molar-refractivity contribution is 5.81. The molecule has 2 amide bonds. The van der Waals surface area contributed by atoms with Crippen LogP contribution in [0.4, 0.5) is 9.59 Å². The van der Waals surface area contributed by atoms with E-state index in [1.807, 2.05) is 74.5 Å². The van der Waals surface area contributed by atoms with Gasteiger partial charge in [0.15, 0.2) is 12.1 Å². The summed E-state index contributed by atoms with van der Waals surface area (Å²) in [5.41, 5.74) is 1.66. The van der Waals surface area contributed by atoms with Crippen molar-refractivity contribution in [3.05, 3.63) is 71.8 Å². The van der Waals surface area contributed by atoms with E-state index in [1.165, 1.54) is 7.11 Å². The number of hydrogen-bond acceptors (Lipinski definition) is 10. The van der Waals surface area contributed by atoms with E-state index < -0.39 is 42.3 Å². The summed E-state index contributed by atoms with van der Waals surface area (Å²) < 4.78 is 39.3. The van der Waals surface area contributed by atoms with Crippen LogP contribution in [0, 0.1) is 0 Å². The van der Waals surface area contributed by atoms with Crippen LogP contribution in [0.15, 0.2) is 60.7 Å². The first-order chi connectivity index (χ1) is 21.2. The highest BCUT2D eigenvalue weighted by Crippen LogP contribution is 2.40. The van der Waals surface area contributed by atoms with E-state index in [0.29, 0.717) is 19.3 Å². The van der Waals surface area contributed by atoms with Gasteiger partial charge in [-0.15, -0.1) is 0 Å². The first-order valence-electron chi connectivity index (χ1n) is 14.7. The minimum absolute atomic E-state index is 0.0482. The van der Waals surface area contributed by atoms with Crippen LogP contribution in [0.2, 0.25) is 0 Å². The van der Waals surface area contributed by atoms with Gasteiger partial charge in [0.05, 0.1) is 13.2 Å². The molecule has 2 aliphatic heterocycles. The SMILES string of the molecule is COC(=O)C(CCC(CC[C@H]1O[C@@H](OC)[C@@H]2OC(C)(C)O[C@@H]21)NC(=O)OCc1ccccc1)NC(=O)OCc1ccccc1. The molecule has 2 unspecified atom stereocenters. The highest BCUT2D eigenvalue weighted by Gasteiger charge is 2.55. The number of ether oxygens (including phenoxy) is 7. The summed E-state index contributed by atoms with van der Waals surface area (Å²) in [4.78, 5) is 37.9. The van der Waals surface area contributed by atoms with Crippen LogP contribution in [0.1, 0.15) is 50.7 Å². The number of amides is 2.